The number of benzene rings is 1. The molecular formula is C12H15FN2O4. The number of hydrogen-bond donors (Lipinski definition) is 0. The number of rotatable bonds is 6. The SMILES string of the molecule is CCOCCN(C)C(=O)c1cc(F)ccc1[N+](=O)[O-]. The summed E-state index contributed by atoms with van der Waals surface area (Å²) in [6.07, 6.45) is 0. The van der Waals surface area contributed by atoms with Gasteiger partial charge in [0.05, 0.1) is 11.5 Å². The molecule has 7 heteroatoms. The molecule has 19 heavy (non-hydrogen) atoms. The van der Waals surface area contributed by atoms with Gasteiger partial charge in [0.1, 0.15) is 11.4 Å². The molecule has 0 unspecified atom stereocenters. The number of carbonyl (C=O) groups excluding carboxylic acids is 1. The number of halogens is 1. The molecule has 0 N–H and O–H groups in total. The van der Waals surface area contributed by atoms with Gasteiger partial charge in [0.25, 0.3) is 11.6 Å². The van der Waals surface area contributed by atoms with Crippen LogP contribution < -0.4 is 0 Å². The summed E-state index contributed by atoms with van der Waals surface area (Å²) < 4.78 is 18.2. The molecule has 0 spiro atoms. The summed E-state index contributed by atoms with van der Waals surface area (Å²) in [5, 5.41) is 10.8. The lowest BCUT2D eigenvalue weighted by Gasteiger charge is -2.16. The van der Waals surface area contributed by atoms with Crippen LogP contribution in [0.3, 0.4) is 0 Å². The number of nitrogens with zero attached hydrogens (tertiary/aromatic N) is 2. The van der Waals surface area contributed by atoms with E-state index in [1.807, 2.05) is 6.92 Å². The summed E-state index contributed by atoms with van der Waals surface area (Å²) in [5.74, 6) is -1.29. The van der Waals surface area contributed by atoms with Crippen molar-refractivity contribution in [3.63, 3.8) is 0 Å². The maximum atomic E-state index is 13.1. The summed E-state index contributed by atoms with van der Waals surface area (Å²) in [6, 6.07) is 2.81. The Balaban J connectivity index is 2.91. The molecule has 0 aliphatic rings. The highest BCUT2D eigenvalue weighted by Crippen LogP contribution is 2.20. The summed E-state index contributed by atoms with van der Waals surface area (Å²) >= 11 is 0. The van der Waals surface area contributed by atoms with Gasteiger partial charge in [-0.2, -0.15) is 0 Å². The maximum absolute atomic E-state index is 13.1. The van der Waals surface area contributed by atoms with Gasteiger partial charge in [-0.05, 0) is 19.1 Å². The zero-order valence-corrected chi connectivity index (χ0v) is 10.8. The minimum Gasteiger partial charge on any atom is -0.380 e. The van der Waals surface area contributed by atoms with Gasteiger partial charge in [0, 0.05) is 26.3 Å². The number of likely N-dealkylation sites (N-methyl/N-ethyl adjacent to an activating group) is 1. The Morgan fingerprint density at radius 3 is 2.79 bits per heavy atom. The van der Waals surface area contributed by atoms with Crippen molar-refractivity contribution < 1.29 is 18.8 Å². The second-order valence-electron chi connectivity index (χ2n) is 3.84. The smallest absolute Gasteiger partial charge is 0.282 e. The Morgan fingerprint density at radius 2 is 2.21 bits per heavy atom. The van der Waals surface area contributed by atoms with E-state index >= 15 is 0 Å². The summed E-state index contributed by atoms with van der Waals surface area (Å²) in [4.78, 5) is 23.4. The van der Waals surface area contributed by atoms with Crippen molar-refractivity contribution in [2.75, 3.05) is 26.8 Å². The van der Waals surface area contributed by atoms with Crippen LogP contribution in [0.5, 0.6) is 0 Å². The van der Waals surface area contributed by atoms with E-state index in [2.05, 4.69) is 0 Å². The van der Waals surface area contributed by atoms with Gasteiger partial charge in [-0.15, -0.1) is 0 Å². The average molecular weight is 270 g/mol. The predicted molar refractivity (Wildman–Crippen MR) is 66.5 cm³/mol. The van der Waals surface area contributed by atoms with E-state index in [-0.39, 0.29) is 12.1 Å². The minimum atomic E-state index is -0.705. The molecule has 1 aromatic rings. The van der Waals surface area contributed by atoms with Gasteiger partial charge < -0.3 is 9.64 Å². The predicted octanol–water partition coefficient (Wildman–Crippen LogP) is 1.84. The molecule has 1 amide bonds. The molecule has 0 aromatic heterocycles. The second kappa shape index (κ2) is 6.79. The van der Waals surface area contributed by atoms with E-state index < -0.39 is 22.3 Å². The van der Waals surface area contributed by atoms with Crippen LogP contribution in [0.1, 0.15) is 17.3 Å². The fourth-order valence-corrected chi connectivity index (χ4v) is 1.49. The molecule has 0 aliphatic carbocycles. The van der Waals surface area contributed by atoms with Gasteiger partial charge in [0.15, 0.2) is 0 Å². The van der Waals surface area contributed by atoms with Crippen LogP contribution in [0.15, 0.2) is 18.2 Å². The fourth-order valence-electron chi connectivity index (χ4n) is 1.49. The second-order valence-corrected chi connectivity index (χ2v) is 3.84. The highest BCUT2D eigenvalue weighted by atomic mass is 19.1. The van der Waals surface area contributed by atoms with Gasteiger partial charge in [-0.25, -0.2) is 4.39 Å². The number of nitro groups is 1. The largest absolute Gasteiger partial charge is 0.380 e. The lowest BCUT2D eigenvalue weighted by Crippen LogP contribution is -2.30. The van der Waals surface area contributed by atoms with Crippen molar-refractivity contribution in [3.8, 4) is 0 Å². The van der Waals surface area contributed by atoms with E-state index in [0.29, 0.717) is 13.2 Å². The van der Waals surface area contributed by atoms with Crippen molar-refractivity contribution in [1.82, 2.24) is 4.90 Å². The molecule has 0 heterocycles. The average Bonchev–Trinajstić information content (AvgIpc) is 2.37. The van der Waals surface area contributed by atoms with Crippen LogP contribution >= 0.6 is 0 Å². The third-order valence-corrected chi connectivity index (χ3v) is 2.51. The number of nitro benzene ring substituents is 1. The van der Waals surface area contributed by atoms with Crippen LogP contribution in [-0.2, 0) is 4.74 Å². The first-order valence-electron chi connectivity index (χ1n) is 5.74. The first kappa shape index (κ1) is 15.0. The Labute approximate surface area is 109 Å². The van der Waals surface area contributed by atoms with Gasteiger partial charge in [-0.1, -0.05) is 0 Å². The molecule has 0 bridgehead atoms. The normalized spacial score (nSPS) is 10.3. The van der Waals surface area contributed by atoms with Crippen LogP contribution in [0.4, 0.5) is 10.1 Å². The molecule has 0 saturated carbocycles. The lowest BCUT2D eigenvalue weighted by molar-refractivity contribution is -0.385. The Bertz CT molecular complexity index is 479. The monoisotopic (exact) mass is 270 g/mol. The van der Waals surface area contributed by atoms with E-state index in [1.165, 1.54) is 11.9 Å². The minimum absolute atomic E-state index is 0.260. The third-order valence-electron chi connectivity index (χ3n) is 2.51. The van der Waals surface area contributed by atoms with Gasteiger partial charge in [0.2, 0.25) is 0 Å². The maximum Gasteiger partial charge on any atom is 0.282 e. The number of carbonyl (C=O) groups is 1. The number of ether oxygens (including phenoxy) is 1. The standard InChI is InChI=1S/C12H15FN2O4/c1-3-19-7-6-14(2)12(16)10-8-9(13)4-5-11(10)15(17)18/h4-5,8H,3,6-7H2,1-2H3. The van der Waals surface area contributed by atoms with E-state index in [1.54, 1.807) is 0 Å². The lowest BCUT2D eigenvalue weighted by atomic mass is 10.1. The highest BCUT2D eigenvalue weighted by Gasteiger charge is 2.23. The van der Waals surface area contributed by atoms with Crippen molar-refractivity contribution >= 4 is 11.6 Å². The Kier molecular flexibility index (Phi) is 5.37. The van der Waals surface area contributed by atoms with Crippen LogP contribution in [-0.4, -0.2) is 42.5 Å². The van der Waals surface area contributed by atoms with Crippen molar-refractivity contribution in [3.05, 3.63) is 39.7 Å². The molecule has 1 rings (SSSR count). The van der Waals surface area contributed by atoms with Crippen molar-refractivity contribution in [2.45, 2.75) is 6.92 Å². The molecule has 0 radical (unpaired) electrons. The zero-order chi connectivity index (χ0) is 14.4. The van der Waals surface area contributed by atoms with Gasteiger partial charge >= 0.3 is 0 Å². The quantitative estimate of drug-likeness (QED) is 0.449. The first-order valence-corrected chi connectivity index (χ1v) is 5.74. The summed E-state index contributed by atoms with van der Waals surface area (Å²) in [7, 11) is 1.48. The van der Waals surface area contributed by atoms with Crippen LogP contribution in [0.2, 0.25) is 0 Å². The molecule has 0 atom stereocenters. The molecule has 0 fully saturated rings. The topological polar surface area (TPSA) is 72.7 Å². The summed E-state index contributed by atoms with van der Waals surface area (Å²) in [6.45, 7) is 2.93. The molecular weight excluding hydrogens is 255 g/mol. The van der Waals surface area contributed by atoms with E-state index in [0.717, 1.165) is 18.2 Å². The molecule has 6 nitrogen and oxygen atoms in total. The first-order chi connectivity index (χ1) is 8.97. The number of amides is 1. The number of hydrogen-bond acceptors (Lipinski definition) is 4. The molecule has 104 valence electrons. The highest BCUT2D eigenvalue weighted by molar-refractivity contribution is 5.98. The molecule has 0 saturated heterocycles. The zero-order valence-electron chi connectivity index (χ0n) is 10.8. The summed E-state index contributed by atoms with van der Waals surface area (Å²) in [5.41, 5.74) is -0.668. The van der Waals surface area contributed by atoms with Crippen LogP contribution in [0, 0.1) is 15.9 Å². The van der Waals surface area contributed by atoms with E-state index in [4.69, 9.17) is 4.74 Å². The molecule has 0 aliphatic heterocycles. The molecule has 1 aromatic carbocycles. The Hall–Kier alpha value is -2.02. The van der Waals surface area contributed by atoms with Gasteiger partial charge in [-0.3, -0.25) is 14.9 Å². The van der Waals surface area contributed by atoms with E-state index in [9.17, 15) is 19.3 Å². The third kappa shape index (κ3) is 3.99. The van der Waals surface area contributed by atoms with Crippen LogP contribution in [0.25, 0.3) is 0 Å². The Morgan fingerprint density at radius 1 is 1.53 bits per heavy atom. The fraction of sp³-hybridized carbons (Fsp3) is 0.417. The van der Waals surface area contributed by atoms with Crippen molar-refractivity contribution in [1.29, 1.82) is 0 Å². The van der Waals surface area contributed by atoms with Crippen molar-refractivity contribution in [2.24, 2.45) is 0 Å².